The van der Waals surface area contributed by atoms with Crippen LogP contribution < -0.4 is 14.8 Å². The third-order valence-electron chi connectivity index (χ3n) is 3.87. The first-order valence-electron chi connectivity index (χ1n) is 7.96. The Morgan fingerprint density at radius 1 is 1.18 bits per heavy atom. The van der Waals surface area contributed by atoms with Gasteiger partial charge in [-0.1, -0.05) is 23.7 Å². The van der Waals surface area contributed by atoms with Crippen molar-refractivity contribution in [2.75, 3.05) is 19.5 Å². The zero-order chi connectivity index (χ0) is 20.3. The fourth-order valence-electron chi connectivity index (χ4n) is 2.45. The summed E-state index contributed by atoms with van der Waals surface area (Å²) in [5.74, 6) is -5.64. The van der Waals surface area contributed by atoms with Gasteiger partial charge in [0, 0.05) is 5.56 Å². The van der Waals surface area contributed by atoms with E-state index in [1.165, 1.54) is 26.4 Å². The lowest BCUT2D eigenvalue weighted by atomic mass is 10.1. The van der Waals surface area contributed by atoms with Crippen LogP contribution in [0.2, 0.25) is 5.02 Å². The third kappa shape index (κ3) is 3.74. The van der Waals surface area contributed by atoms with E-state index in [0.717, 1.165) is 6.07 Å². The van der Waals surface area contributed by atoms with Crippen molar-refractivity contribution < 1.29 is 23.0 Å². The largest absolute Gasteiger partial charge is 0.497 e. The van der Waals surface area contributed by atoms with Gasteiger partial charge in [-0.25, -0.2) is 0 Å². The van der Waals surface area contributed by atoms with Gasteiger partial charge in [0.05, 0.1) is 24.8 Å². The summed E-state index contributed by atoms with van der Waals surface area (Å²) >= 11 is 6.07. The maximum Gasteiger partial charge on any atom is 0.353 e. The van der Waals surface area contributed by atoms with E-state index in [1.54, 1.807) is 24.3 Å². The summed E-state index contributed by atoms with van der Waals surface area (Å²) in [7, 11) is 2.55. The van der Waals surface area contributed by atoms with Crippen molar-refractivity contribution in [3.05, 3.63) is 53.1 Å². The number of carbonyl (C=O) groups excluding carboxylic acids is 1. The highest BCUT2D eigenvalue weighted by Gasteiger charge is 2.44. The zero-order valence-corrected chi connectivity index (χ0v) is 15.6. The molecule has 146 valence electrons. The normalized spacial score (nSPS) is 11.2. The SMILES string of the molecule is COc1ccc(OC)c(C(F)(F)C(=O)Nc2n[nH]c(-c3ccccc3Cl)n2)c1. The number of methoxy groups -OCH3 is 2. The van der Waals surface area contributed by atoms with E-state index in [0.29, 0.717) is 10.6 Å². The topological polar surface area (TPSA) is 89.1 Å². The first kappa shape index (κ1) is 19.6. The lowest BCUT2D eigenvalue weighted by molar-refractivity contribution is -0.141. The Hall–Kier alpha value is -3.20. The van der Waals surface area contributed by atoms with Crippen molar-refractivity contribution in [1.82, 2.24) is 15.2 Å². The second kappa shape index (κ2) is 7.81. The maximum atomic E-state index is 14.8. The summed E-state index contributed by atoms with van der Waals surface area (Å²) in [4.78, 5) is 16.2. The van der Waals surface area contributed by atoms with Crippen LogP contribution in [0.3, 0.4) is 0 Å². The number of carbonyl (C=O) groups is 1. The predicted octanol–water partition coefficient (Wildman–Crippen LogP) is 3.87. The molecule has 7 nitrogen and oxygen atoms in total. The molecule has 3 aromatic rings. The number of halogens is 3. The number of hydrogen-bond acceptors (Lipinski definition) is 5. The van der Waals surface area contributed by atoms with Gasteiger partial charge in [-0.15, -0.1) is 5.10 Å². The molecule has 10 heteroatoms. The molecule has 0 spiro atoms. The van der Waals surface area contributed by atoms with E-state index in [1.807, 2.05) is 5.32 Å². The molecule has 0 bridgehead atoms. The zero-order valence-electron chi connectivity index (χ0n) is 14.8. The maximum absolute atomic E-state index is 14.8. The highest BCUT2D eigenvalue weighted by Crippen LogP contribution is 2.38. The molecule has 0 saturated heterocycles. The van der Waals surface area contributed by atoms with Gasteiger partial charge in [-0.05, 0) is 30.3 Å². The van der Waals surface area contributed by atoms with Crippen LogP contribution >= 0.6 is 11.6 Å². The van der Waals surface area contributed by atoms with Crippen molar-refractivity contribution in [2.24, 2.45) is 0 Å². The minimum absolute atomic E-state index is 0.155. The molecule has 3 rings (SSSR count). The molecular weight excluding hydrogens is 394 g/mol. The summed E-state index contributed by atoms with van der Waals surface area (Å²) in [6.07, 6.45) is 0. The van der Waals surface area contributed by atoms with Crippen LogP contribution in [0.25, 0.3) is 11.4 Å². The van der Waals surface area contributed by atoms with Gasteiger partial charge in [0.2, 0.25) is 5.95 Å². The average Bonchev–Trinajstić information content (AvgIpc) is 3.15. The van der Waals surface area contributed by atoms with Gasteiger partial charge < -0.3 is 9.47 Å². The Morgan fingerprint density at radius 2 is 1.93 bits per heavy atom. The number of ether oxygens (including phenoxy) is 2. The lowest BCUT2D eigenvalue weighted by Crippen LogP contribution is -2.33. The quantitative estimate of drug-likeness (QED) is 0.646. The smallest absolute Gasteiger partial charge is 0.353 e. The molecule has 0 fully saturated rings. The van der Waals surface area contributed by atoms with Crippen molar-refractivity contribution >= 4 is 23.5 Å². The van der Waals surface area contributed by atoms with Crippen molar-refractivity contribution in [3.63, 3.8) is 0 Å². The van der Waals surface area contributed by atoms with Crippen LogP contribution in [0, 0.1) is 0 Å². The van der Waals surface area contributed by atoms with Gasteiger partial charge in [0.15, 0.2) is 5.82 Å². The molecule has 0 radical (unpaired) electrons. The van der Waals surface area contributed by atoms with Gasteiger partial charge in [0.25, 0.3) is 0 Å². The Bertz CT molecular complexity index is 1010. The summed E-state index contributed by atoms with van der Waals surface area (Å²) in [6, 6.07) is 10.5. The molecule has 2 N–H and O–H groups in total. The standard InChI is InChI=1S/C18H15ClF2N4O3/c1-27-10-7-8-14(28-2)12(9-10)18(20,21)16(26)23-17-22-15(24-25-17)11-5-3-4-6-13(11)19/h3-9H,1-2H3,(H2,22,23,24,25,26). The number of H-pyrrole nitrogens is 1. The van der Waals surface area contributed by atoms with Gasteiger partial charge in [-0.3, -0.25) is 15.2 Å². The highest BCUT2D eigenvalue weighted by molar-refractivity contribution is 6.33. The number of amides is 1. The molecule has 0 aliphatic carbocycles. The summed E-state index contributed by atoms with van der Waals surface area (Å²) in [5.41, 5.74) is -0.132. The molecule has 0 atom stereocenters. The molecule has 0 unspecified atom stereocenters. The van der Waals surface area contributed by atoms with Crippen molar-refractivity contribution in [1.29, 1.82) is 0 Å². The highest BCUT2D eigenvalue weighted by atomic mass is 35.5. The van der Waals surface area contributed by atoms with Crippen LogP contribution in [0.1, 0.15) is 5.56 Å². The molecular formula is C18H15ClF2N4O3. The fourth-order valence-corrected chi connectivity index (χ4v) is 2.68. The van der Waals surface area contributed by atoms with Gasteiger partial charge in [-0.2, -0.15) is 13.8 Å². The van der Waals surface area contributed by atoms with Crippen LogP contribution in [0.15, 0.2) is 42.5 Å². The predicted molar refractivity (Wildman–Crippen MR) is 98.9 cm³/mol. The summed E-state index contributed by atoms with van der Waals surface area (Å²) in [6.45, 7) is 0. The minimum Gasteiger partial charge on any atom is -0.497 e. The molecule has 1 aromatic heterocycles. The fraction of sp³-hybridized carbons (Fsp3) is 0.167. The van der Waals surface area contributed by atoms with E-state index < -0.39 is 17.4 Å². The number of rotatable bonds is 6. The molecule has 0 saturated carbocycles. The number of nitrogens with one attached hydrogen (secondary N) is 2. The second-order valence-electron chi connectivity index (χ2n) is 5.58. The molecule has 0 aliphatic rings. The molecule has 0 aliphatic heterocycles. The van der Waals surface area contributed by atoms with E-state index in [2.05, 4.69) is 15.2 Å². The van der Waals surface area contributed by atoms with E-state index in [-0.39, 0.29) is 23.3 Å². The number of nitrogens with zero attached hydrogens (tertiary/aromatic N) is 2. The number of anilines is 1. The van der Waals surface area contributed by atoms with E-state index >= 15 is 0 Å². The number of aromatic amines is 1. The number of alkyl halides is 2. The second-order valence-corrected chi connectivity index (χ2v) is 5.99. The number of aromatic nitrogens is 3. The molecule has 2 aromatic carbocycles. The Balaban J connectivity index is 1.86. The third-order valence-corrected chi connectivity index (χ3v) is 4.20. The summed E-state index contributed by atoms with van der Waals surface area (Å²) in [5, 5.41) is 8.68. The monoisotopic (exact) mass is 408 g/mol. The minimum atomic E-state index is -3.93. The number of benzene rings is 2. The van der Waals surface area contributed by atoms with Gasteiger partial charge in [0.1, 0.15) is 11.5 Å². The first-order chi connectivity index (χ1) is 13.4. The van der Waals surface area contributed by atoms with E-state index in [9.17, 15) is 13.6 Å². The van der Waals surface area contributed by atoms with Crippen LogP contribution in [-0.4, -0.2) is 35.3 Å². The molecule has 1 heterocycles. The Labute approximate surface area is 163 Å². The van der Waals surface area contributed by atoms with Crippen molar-refractivity contribution in [3.8, 4) is 22.9 Å². The Kier molecular flexibility index (Phi) is 5.46. The number of hydrogen-bond donors (Lipinski definition) is 2. The Morgan fingerprint density at radius 3 is 2.61 bits per heavy atom. The van der Waals surface area contributed by atoms with Gasteiger partial charge >= 0.3 is 11.8 Å². The average molecular weight is 409 g/mol. The first-order valence-corrected chi connectivity index (χ1v) is 8.33. The van der Waals surface area contributed by atoms with Crippen LogP contribution in [0.4, 0.5) is 14.7 Å². The summed E-state index contributed by atoms with van der Waals surface area (Å²) < 4.78 is 39.4. The van der Waals surface area contributed by atoms with Crippen LogP contribution in [-0.2, 0) is 10.7 Å². The van der Waals surface area contributed by atoms with Crippen molar-refractivity contribution in [2.45, 2.75) is 5.92 Å². The molecule has 1 amide bonds. The lowest BCUT2D eigenvalue weighted by Gasteiger charge is -2.18. The van der Waals surface area contributed by atoms with Crippen LogP contribution in [0.5, 0.6) is 11.5 Å². The molecule has 28 heavy (non-hydrogen) atoms. The van der Waals surface area contributed by atoms with E-state index in [4.69, 9.17) is 21.1 Å².